The van der Waals surface area contributed by atoms with Gasteiger partial charge in [-0.15, -0.1) is 0 Å². The van der Waals surface area contributed by atoms with Crippen LogP contribution in [-0.2, 0) is 0 Å². The molecule has 1 aliphatic rings. The zero-order valence-electron chi connectivity index (χ0n) is 12.6. The molecule has 1 aliphatic heterocycles. The third kappa shape index (κ3) is 3.59. The van der Waals surface area contributed by atoms with Crippen LogP contribution < -0.4 is 10.2 Å². The molecule has 0 radical (unpaired) electrons. The summed E-state index contributed by atoms with van der Waals surface area (Å²) in [6, 6.07) is 14.0. The average Bonchev–Trinajstić information content (AvgIpc) is 2.56. The van der Waals surface area contributed by atoms with E-state index < -0.39 is 10.7 Å². The molecular weight excluding hydrogens is 297 g/mol. The van der Waals surface area contributed by atoms with E-state index in [1.165, 1.54) is 12.1 Å². The van der Waals surface area contributed by atoms with Crippen molar-refractivity contribution in [2.75, 3.05) is 23.3 Å². The van der Waals surface area contributed by atoms with Crippen molar-refractivity contribution in [2.24, 2.45) is 0 Å². The summed E-state index contributed by atoms with van der Waals surface area (Å²) in [4.78, 5) is 12.1. The third-order valence-corrected chi connectivity index (χ3v) is 4.05. The Morgan fingerprint density at radius 2 is 2.00 bits per heavy atom. The summed E-state index contributed by atoms with van der Waals surface area (Å²) in [6.45, 7) is 1.42. The minimum absolute atomic E-state index is 0.220. The number of halogens is 1. The van der Waals surface area contributed by atoms with Crippen LogP contribution in [-0.4, -0.2) is 24.1 Å². The van der Waals surface area contributed by atoms with Crippen molar-refractivity contribution in [3.63, 3.8) is 0 Å². The highest BCUT2D eigenvalue weighted by molar-refractivity contribution is 5.53. The van der Waals surface area contributed by atoms with Gasteiger partial charge in [0.1, 0.15) is 0 Å². The zero-order valence-corrected chi connectivity index (χ0v) is 12.6. The molecule has 1 heterocycles. The van der Waals surface area contributed by atoms with E-state index in [9.17, 15) is 14.5 Å². The Labute approximate surface area is 133 Å². The van der Waals surface area contributed by atoms with Crippen LogP contribution in [0.2, 0.25) is 0 Å². The molecule has 0 spiro atoms. The van der Waals surface area contributed by atoms with Gasteiger partial charge in [-0.25, -0.2) is 4.39 Å². The second kappa shape index (κ2) is 6.64. The number of piperidine rings is 1. The Morgan fingerprint density at radius 1 is 1.22 bits per heavy atom. The average molecular weight is 315 g/mol. The molecule has 120 valence electrons. The number of anilines is 2. The summed E-state index contributed by atoms with van der Waals surface area (Å²) in [6.07, 6.45) is 1.96. The number of nitrogens with zero attached hydrogens (tertiary/aromatic N) is 2. The summed E-state index contributed by atoms with van der Waals surface area (Å²) in [7, 11) is 0. The molecule has 0 aromatic heterocycles. The number of non-ortho nitro benzene ring substituents is 1. The van der Waals surface area contributed by atoms with Gasteiger partial charge in [0.05, 0.1) is 16.7 Å². The first kappa shape index (κ1) is 15.3. The van der Waals surface area contributed by atoms with E-state index in [0.717, 1.165) is 31.1 Å². The van der Waals surface area contributed by atoms with E-state index in [2.05, 4.69) is 5.32 Å². The van der Waals surface area contributed by atoms with Crippen LogP contribution >= 0.6 is 0 Å². The van der Waals surface area contributed by atoms with Crippen molar-refractivity contribution in [1.82, 2.24) is 0 Å². The molecule has 2 aromatic rings. The van der Waals surface area contributed by atoms with E-state index in [1.807, 2.05) is 35.2 Å². The first-order valence-corrected chi connectivity index (χ1v) is 7.64. The number of nitro groups is 1. The fourth-order valence-electron chi connectivity index (χ4n) is 2.95. The highest BCUT2D eigenvalue weighted by Crippen LogP contribution is 2.27. The van der Waals surface area contributed by atoms with Gasteiger partial charge in [0.15, 0.2) is 5.82 Å². The Balaban J connectivity index is 1.72. The second-order valence-electron chi connectivity index (χ2n) is 5.69. The lowest BCUT2D eigenvalue weighted by Gasteiger charge is -2.35. The molecule has 1 saturated heterocycles. The largest absolute Gasteiger partial charge is 0.381 e. The third-order valence-electron chi connectivity index (χ3n) is 4.05. The predicted octanol–water partition coefficient (Wildman–Crippen LogP) is 3.81. The molecule has 5 nitrogen and oxygen atoms in total. The zero-order chi connectivity index (χ0) is 16.2. The van der Waals surface area contributed by atoms with E-state index in [-0.39, 0.29) is 11.7 Å². The van der Waals surface area contributed by atoms with Crippen LogP contribution in [0.4, 0.5) is 21.5 Å². The number of nitrogens with one attached hydrogen (secondary N) is 1. The Kier molecular flexibility index (Phi) is 4.41. The van der Waals surface area contributed by atoms with Crippen molar-refractivity contribution in [2.45, 2.75) is 18.9 Å². The summed E-state index contributed by atoms with van der Waals surface area (Å²) in [5, 5.41) is 14.2. The smallest absolute Gasteiger partial charge is 0.272 e. The van der Waals surface area contributed by atoms with E-state index in [1.54, 1.807) is 0 Å². The lowest BCUT2D eigenvalue weighted by atomic mass is 10.0. The minimum atomic E-state index is -0.581. The molecular formula is C17H18FN3O2. The van der Waals surface area contributed by atoms with Gasteiger partial charge < -0.3 is 10.2 Å². The first-order valence-electron chi connectivity index (χ1n) is 7.64. The van der Waals surface area contributed by atoms with Gasteiger partial charge in [-0.2, -0.15) is 0 Å². The van der Waals surface area contributed by atoms with Crippen molar-refractivity contribution >= 4 is 17.1 Å². The van der Waals surface area contributed by atoms with Gasteiger partial charge in [-0.1, -0.05) is 18.2 Å². The normalized spacial score (nSPS) is 17.8. The SMILES string of the molecule is O=[N+]([O-])c1ccc(N2CCCC(Nc3ccccc3)C2)c(F)c1. The van der Waals surface area contributed by atoms with Crippen LogP contribution in [0.25, 0.3) is 0 Å². The maximum Gasteiger partial charge on any atom is 0.272 e. The van der Waals surface area contributed by atoms with Gasteiger partial charge in [0.25, 0.3) is 5.69 Å². The maximum atomic E-state index is 14.2. The second-order valence-corrected chi connectivity index (χ2v) is 5.69. The Hall–Kier alpha value is -2.63. The lowest BCUT2D eigenvalue weighted by Crippen LogP contribution is -2.42. The summed E-state index contributed by atoms with van der Waals surface area (Å²) in [5.74, 6) is -0.542. The topological polar surface area (TPSA) is 58.4 Å². The van der Waals surface area contributed by atoms with Crippen LogP contribution in [0.5, 0.6) is 0 Å². The van der Waals surface area contributed by atoms with Gasteiger partial charge in [0, 0.05) is 30.9 Å². The van der Waals surface area contributed by atoms with Gasteiger partial charge in [-0.3, -0.25) is 10.1 Å². The van der Waals surface area contributed by atoms with Gasteiger partial charge in [-0.05, 0) is 31.0 Å². The Morgan fingerprint density at radius 3 is 2.70 bits per heavy atom. The van der Waals surface area contributed by atoms with Crippen LogP contribution in [0, 0.1) is 15.9 Å². The van der Waals surface area contributed by atoms with Crippen molar-refractivity contribution < 1.29 is 9.31 Å². The predicted molar refractivity (Wildman–Crippen MR) is 88.4 cm³/mol. The molecule has 1 N–H and O–H groups in total. The van der Waals surface area contributed by atoms with Crippen molar-refractivity contribution in [1.29, 1.82) is 0 Å². The number of rotatable bonds is 4. The minimum Gasteiger partial charge on any atom is -0.381 e. The van der Waals surface area contributed by atoms with Crippen molar-refractivity contribution in [3.8, 4) is 0 Å². The van der Waals surface area contributed by atoms with Crippen molar-refractivity contribution in [3.05, 3.63) is 64.5 Å². The molecule has 23 heavy (non-hydrogen) atoms. The van der Waals surface area contributed by atoms with Crippen LogP contribution in [0.15, 0.2) is 48.5 Å². The van der Waals surface area contributed by atoms with E-state index in [4.69, 9.17) is 0 Å². The number of para-hydroxylation sites is 1. The van der Waals surface area contributed by atoms with E-state index in [0.29, 0.717) is 12.2 Å². The molecule has 1 fully saturated rings. The summed E-state index contributed by atoms with van der Waals surface area (Å²) in [5.41, 5.74) is 1.25. The number of nitro benzene ring substituents is 1. The maximum absolute atomic E-state index is 14.2. The molecule has 6 heteroatoms. The fraction of sp³-hybridized carbons (Fsp3) is 0.294. The monoisotopic (exact) mass is 315 g/mol. The van der Waals surface area contributed by atoms with E-state index >= 15 is 0 Å². The number of benzene rings is 2. The Bertz CT molecular complexity index is 693. The molecule has 3 rings (SSSR count). The molecule has 0 amide bonds. The lowest BCUT2D eigenvalue weighted by molar-refractivity contribution is -0.385. The molecule has 0 saturated carbocycles. The highest BCUT2D eigenvalue weighted by atomic mass is 19.1. The molecule has 1 unspecified atom stereocenters. The van der Waals surface area contributed by atoms with Crippen LogP contribution in [0.1, 0.15) is 12.8 Å². The van der Waals surface area contributed by atoms with Gasteiger partial charge >= 0.3 is 0 Å². The molecule has 2 aromatic carbocycles. The quantitative estimate of drug-likeness (QED) is 0.688. The summed E-state index contributed by atoms with van der Waals surface area (Å²) >= 11 is 0. The molecule has 0 bridgehead atoms. The number of hydrogen-bond donors (Lipinski definition) is 1. The van der Waals surface area contributed by atoms with Crippen LogP contribution in [0.3, 0.4) is 0 Å². The number of hydrogen-bond acceptors (Lipinski definition) is 4. The molecule has 1 atom stereocenters. The first-order chi connectivity index (χ1) is 11.1. The standard InChI is InChI=1S/C17H18FN3O2/c18-16-11-15(21(22)23)8-9-17(16)20-10-4-7-14(12-20)19-13-5-2-1-3-6-13/h1-3,5-6,8-9,11,14,19H,4,7,10,12H2. The fourth-order valence-corrected chi connectivity index (χ4v) is 2.95. The summed E-state index contributed by atoms with van der Waals surface area (Å²) < 4.78 is 14.2. The molecule has 0 aliphatic carbocycles. The highest BCUT2D eigenvalue weighted by Gasteiger charge is 2.23. The van der Waals surface area contributed by atoms with Gasteiger partial charge in [0.2, 0.25) is 0 Å².